The summed E-state index contributed by atoms with van der Waals surface area (Å²) in [5.41, 5.74) is 0.846. The van der Waals surface area contributed by atoms with Crippen LogP contribution in [0.3, 0.4) is 0 Å². The molecule has 1 aromatic rings. The molecule has 0 radical (unpaired) electrons. The van der Waals surface area contributed by atoms with Crippen molar-refractivity contribution in [3.05, 3.63) is 11.1 Å². The monoisotopic (exact) mass is 313 g/mol. The molecule has 0 saturated carbocycles. The van der Waals surface area contributed by atoms with Gasteiger partial charge in [0.25, 0.3) is 0 Å². The third-order valence-electron chi connectivity index (χ3n) is 3.08. The molecule has 1 aliphatic rings. The number of hydrogen-bond acceptors (Lipinski definition) is 5. The molecule has 1 N–H and O–H groups in total. The molecule has 0 unspecified atom stereocenters. The summed E-state index contributed by atoms with van der Waals surface area (Å²) in [4.78, 5) is 29.4. The van der Waals surface area contributed by atoms with E-state index in [1.165, 1.54) is 6.92 Å². The van der Waals surface area contributed by atoms with E-state index in [2.05, 4.69) is 17.2 Å². The van der Waals surface area contributed by atoms with E-state index in [4.69, 9.17) is 0 Å². The van der Waals surface area contributed by atoms with Crippen molar-refractivity contribution in [1.82, 2.24) is 15.2 Å². The summed E-state index contributed by atoms with van der Waals surface area (Å²) in [5, 5.41) is 4.82. The number of hydrogen-bond donors (Lipinski definition) is 1. The number of thioether (sulfide) groups is 1. The highest BCUT2D eigenvalue weighted by molar-refractivity contribution is 8.00. The van der Waals surface area contributed by atoms with Gasteiger partial charge < -0.3 is 10.2 Å². The largest absolute Gasteiger partial charge is 0.352 e. The van der Waals surface area contributed by atoms with Crippen LogP contribution in [0, 0.1) is 0 Å². The summed E-state index contributed by atoms with van der Waals surface area (Å²) < 4.78 is 1.02. The summed E-state index contributed by atoms with van der Waals surface area (Å²) in [6, 6.07) is 0.0955. The van der Waals surface area contributed by atoms with Gasteiger partial charge in [-0.25, -0.2) is 4.98 Å². The number of carbonyl (C=O) groups excluding carboxylic acids is 2. The molecule has 1 aromatic heterocycles. The van der Waals surface area contributed by atoms with Gasteiger partial charge in [-0.05, 0) is 12.2 Å². The maximum atomic E-state index is 12.2. The van der Waals surface area contributed by atoms with E-state index in [1.807, 2.05) is 10.3 Å². The first kappa shape index (κ1) is 15.3. The van der Waals surface area contributed by atoms with E-state index in [0.717, 1.165) is 22.2 Å². The molecule has 2 heterocycles. The van der Waals surface area contributed by atoms with Gasteiger partial charge in [0.05, 0.1) is 12.1 Å². The fourth-order valence-corrected chi connectivity index (χ4v) is 3.96. The Hall–Kier alpha value is -1.08. The molecule has 1 saturated heterocycles. The van der Waals surface area contributed by atoms with Crippen molar-refractivity contribution in [2.45, 2.75) is 37.1 Å². The van der Waals surface area contributed by atoms with E-state index in [-0.39, 0.29) is 17.9 Å². The molecule has 5 nitrogen and oxygen atoms in total. The summed E-state index contributed by atoms with van der Waals surface area (Å²) in [6.07, 6.45) is 1.19. The van der Waals surface area contributed by atoms with Gasteiger partial charge in [0.2, 0.25) is 11.8 Å². The fraction of sp³-hybridized carbons (Fsp3) is 0.615. The Balaban J connectivity index is 1.84. The second-order valence-corrected chi connectivity index (χ2v) is 7.11. The molecule has 0 aliphatic carbocycles. The van der Waals surface area contributed by atoms with Gasteiger partial charge in [-0.1, -0.05) is 18.7 Å². The molecule has 0 spiro atoms. The Kier molecular flexibility index (Phi) is 5.42. The van der Waals surface area contributed by atoms with Gasteiger partial charge in [-0.15, -0.1) is 11.3 Å². The number of nitrogens with zero attached hydrogens (tertiary/aromatic N) is 2. The zero-order chi connectivity index (χ0) is 14.5. The highest BCUT2D eigenvalue weighted by Gasteiger charge is 2.26. The van der Waals surface area contributed by atoms with Crippen molar-refractivity contribution in [2.75, 3.05) is 18.8 Å². The summed E-state index contributed by atoms with van der Waals surface area (Å²) in [7, 11) is 0. The first-order valence-corrected chi connectivity index (χ1v) is 8.57. The van der Waals surface area contributed by atoms with Crippen LogP contribution in [0.25, 0.3) is 0 Å². The van der Waals surface area contributed by atoms with Crippen LogP contribution in [0.15, 0.2) is 9.72 Å². The highest BCUT2D eigenvalue weighted by Crippen LogP contribution is 2.22. The number of carbonyl (C=O) groups is 2. The third kappa shape index (κ3) is 4.21. The van der Waals surface area contributed by atoms with E-state index < -0.39 is 0 Å². The van der Waals surface area contributed by atoms with E-state index in [0.29, 0.717) is 19.5 Å². The third-order valence-corrected chi connectivity index (χ3v) is 5.03. The van der Waals surface area contributed by atoms with Crippen molar-refractivity contribution < 1.29 is 9.59 Å². The van der Waals surface area contributed by atoms with Crippen molar-refractivity contribution in [3.8, 4) is 0 Å². The second kappa shape index (κ2) is 7.08. The average Bonchev–Trinajstić information content (AvgIpc) is 2.99. The summed E-state index contributed by atoms with van der Waals surface area (Å²) in [6.45, 7) is 4.92. The molecule has 110 valence electrons. The number of aromatic nitrogens is 1. The quantitative estimate of drug-likeness (QED) is 0.838. The molecule has 20 heavy (non-hydrogen) atoms. The SMILES string of the molecule is CCSc1nc(CC(=O)N2CC[C@H](NC(C)=O)C2)cs1. The molecule has 7 heteroatoms. The Morgan fingerprint density at radius 1 is 1.60 bits per heavy atom. The van der Waals surface area contributed by atoms with Crippen molar-refractivity contribution >= 4 is 34.9 Å². The fourth-order valence-electron chi connectivity index (χ4n) is 2.22. The molecule has 1 atom stereocenters. The van der Waals surface area contributed by atoms with Crippen LogP contribution in [-0.4, -0.2) is 46.6 Å². The topological polar surface area (TPSA) is 62.3 Å². The van der Waals surface area contributed by atoms with Crippen molar-refractivity contribution in [3.63, 3.8) is 0 Å². The first-order valence-electron chi connectivity index (χ1n) is 6.70. The minimum atomic E-state index is -0.0370. The molecular formula is C13H19N3O2S2. The second-order valence-electron chi connectivity index (χ2n) is 4.74. The standard InChI is InChI=1S/C13H19N3O2S2/c1-3-19-13-15-11(8-20-13)6-12(18)16-5-4-10(7-16)14-9(2)17/h8,10H,3-7H2,1-2H3,(H,14,17)/t10-/m0/s1. The maximum Gasteiger partial charge on any atom is 0.228 e. The average molecular weight is 313 g/mol. The van der Waals surface area contributed by atoms with Gasteiger partial charge in [0, 0.05) is 31.4 Å². The van der Waals surface area contributed by atoms with E-state index >= 15 is 0 Å². The van der Waals surface area contributed by atoms with Crippen molar-refractivity contribution in [2.24, 2.45) is 0 Å². The lowest BCUT2D eigenvalue weighted by atomic mass is 10.2. The Bertz CT molecular complexity index is 490. The lowest BCUT2D eigenvalue weighted by Gasteiger charge is -2.16. The summed E-state index contributed by atoms with van der Waals surface area (Å²) in [5.74, 6) is 1.05. The highest BCUT2D eigenvalue weighted by atomic mass is 32.2. The van der Waals surface area contributed by atoms with Gasteiger partial charge in [-0.3, -0.25) is 9.59 Å². The number of nitrogens with one attached hydrogen (secondary N) is 1. The normalized spacial score (nSPS) is 18.3. The molecule has 2 amide bonds. The summed E-state index contributed by atoms with van der Waals surface area (Å²) >= 11 is 3.29. The Labute approximate surface area is 127 Å². The van der Waals surface area contributed by atoms with Crippen LogP contribution < -0.4 is 5.32 Å². The molecule has 2 rings (SSSR count). The lowest BCUT2D eigenvalue weighted by Crippen LogP contribution is -2.37. The molecule has 1 fully saturated rings. The van der Waals surface area contributed by atoms with Gasteiger partial charge >= 0.3 is 0 Å². The van der Waals surface area contributed by atoms with Gasteiger partial charge in [0.15, 0.2) is 0 Å². The van der Waals surface area contributed by atoms with Crippen LogP contribution in [0.1, 0.15) is 26.0 Å². The van der Waals surface area contributed by atoms with Crippen LogP contribution >= 0.6 is 23.1 Å². The van der Waals surface area contributed by atoms with Crippen LogP contribution in [0.5, 0.6) is 0 Å². The Morgan fingerprint density at radius 3 is 3.10 bits per heavy atom. The van der Waals surface area contributed by atoms with Gasteiger partial charge in [0.1, 0.15) is 4.34 Å². The smallest absolute Gasteiger partial charge is 0.228 e. The predicted octanol–water partition coefficient (Wildman–Crippen LogP) is 1.53. The predicted molar refractivity (Wildman–Crippen MR) is 81.0 cm³/mol. The maximum absolute atomic E-state index is 12.2. The molecule has 1 aliphatic heterocycles. The van der Waals surface area contributed by atoms with Crippen molar-refractivity contribution in [1.29, 1.82) is 0 Å². The zero-order valence-corrected chi connectivity index (χ0v) is 13.4. The number of likely N-dealkylation sites (tertiary alicyclic amines) is 1. The van der Waals surface area contributed by atoms with E-state index in [9.17, 15) is 9.59 Å². The Morgan fingerprint density at radius 2 is 2.40 bits per heavy atom. The lowest BCUT2D eigenvalue weighted by molar-refractivity contribution is -0.129. The molecule has 0 bridgehead atoms. The number of thiazole rings is 1. The first-order chi connectivity index (χ1) is 9.58. The van der Waals surface area contributed by atoms with Crippen LogP contribution in [0.4, 0.5) is 0 Å². The minimum Gasteiger partial charge on any atom is -0.352 e. The minimum absolute atomic E-state index is 0.0370. The van der Waals surface area contributed by atoms with Crippen LogP contribution in [0.2, 0.25) is 0 Å². The van der Waals surface area contributed by atoms with Crippen LogP contribution in [-0.2, 0) is 16.0 Å². The zero-order valence-electron chi connectivity index (χ0n) is 11.7. The molecule has 0 aromatic carbocycles. The number of amides is 2. The van der Waals surface area contributed by atoms with Gasteiger partial charge in [-0.2, -0.15) is 0 Å². The molecular weight excluding hydrogens is 294 g/mol. The van der Waals surface area contributed by atoms with E-state index in [1.54, 1.807) is 23.1 Å². The number of rotatable bonds is 5.